The van der Waals surface area contributed by atoms with E-state index in [4.69, 9.17) is 0 Å². The van der Waals surface area contributed by atoms with Crippen LogP contribution >= 0.6 is 0 Å². The van der Waals surface area contributed by atoms with Crippen LogP contribution in [-0.4, -0.2) is 54.1 Å². The van der Waals surface area contributed by atoms with Crippen molar-refractivity contribution in [3.8, 4) is 0 Å². The van der Waals surface area contributed by atoms with E-state index in [0.29, 0.717) is 23.8 Å². The predicted molar refractivity (Wildman–Crippen MR) is 94.4 cm³/mol. The third-order valence-corrected chi connectivity index (χ3v) is 4.39. The standard InChI is InChI=1S/C18H27N3O3/c1-14(23)15-6-4-7-16(12-15)20-18(24)19-9-2-3-10-21-11-5-8-17(21)13-22/h4,6-7,12,17,22H,2-3,5,8-11,13H2,1H3,(H2,19,20,24). The number of hydrogen-bond acceptors (Lipinski definition) is 4. The van der Waals surface area contributed by atoms with Gasteiger partial charge in [0.15, 0.2) is 5.78 Å². The molecule has 1 aromatic rings. The van der Waals surface area contributed by atoms with E-state index < -0.39 is 0 Å². The van der Waals surface area contributed by atoms with Gasteiger partial charge >= 0.3 is 6.03 Å². The quantitative estimate of drug-likeness (QED) is 0.503. The van der Waals surface area contributed by atoms with E-state index in [1.54, 1.807) is 24.3 Å². The highest BCUT2D eigenvalue weighted by molar-refractivity contribution is 5.96. The van der Waals surface area contributed by atoms with Gasteiger partial charge in [0.2, 0.25) is 0 Å². The monoisotopic (exact) mass is 333 g/mol. The van der Waals surface area contributed by atoms with Crippen molar-refractivity contribution in [1.29, 1.82) is 0 Å². The minimum absolute atomic E-state index is 0.0258. The van der Waals surface area contributed by atoms with E-state index in [2.05, 4.69) is 15.5 Å². The van der Waals surface area contributed by atoms with Gasteiger partial charge in [-0.1, -0.05) is 12.1 Å². The summed E-state index contributed by atoms with van der Waals surface area (Å²) in [7, 11) is 0. The number of anilines is 1. The number of carbonyl (C=O) groups excluding carboxylic acids is 2. The minimum Gasteiger partial charge on any atom is -0.395 e. The molecule has 2 amide bonds. The van der Waals surface area contributed by atoms with Gasteiger partial charge in [-0.2, -0.15) is 0 Å². The highest BCUT2D eigenvalue weighted by Gasteiger charge is 2.22. The first-order valence-electron chi connectivity index (χ1n) is 8.61. The Hall–Kier alpha value is -1.92. The number of nitrogens with one attached hydrogen (secondary N) is 2. The fourth-order valence-electron chi connectivity index (χ4n) is 3.03. The number of rotatable bonds is 8. The lowest BCUT2D eigenvalue weighted by atomic mass is 10.1. The first-order valence-corrected chi connectivity index (χ1v) is 8.61. The zero-order valence-electron chi connectivity index (χ0n) is 14.3. The summed E-state index contributed by atoms with van der Waals surface area (Å²) in [6.07, 6.45) is 4.13. The average Bonchev–Trinajstić information content (AvgIpc) is 3.02. The van der Waals surface area contributed by atoms with Crippen molar-refractivity contribution in [1.82, 2.24) is 10.2 Å². The van der Waals surface area contributed by atoms with Crippen molar-refractivity contribution >= 4 is 17.5 Å². The van der Waals surface area contributed by atoms with Gasteiger partial charge in [0.1, 0.15) is 0 Å². The maximum atomic E-state index is 11.9. The van der Waals surface area contributed by atoms with Gasteiger partial charge in [-0.05, 0) is 57.8 Å². The lowest BCUT2D eigenvalue weighted by molar-refractivity contribution is 0.101. The number of Topliss-reactive ketones (excluding diaryl/α,β-unsaturated/α-hetero) is 1. The number of carbonyl (C=O) groups is 2. The summed E-state index contributed by atoms with van der Waals surface area (Å²) in [5.74, 6) is -0.0258. The molecule has 2 rings (SSSR count). The molecule has 1 aromatic carbocycles. The third-order valence-electron chi connectivity index (χ3n) is 4.39. The summed E-state index contributed by atoms with van der Waals surface area (Å²) in [6.45, 7) is 4.37. The molecule has 0 saturated carbocycles. The molecule has 1 aliphatic rings. The Bertz CT molecular complexity index is 562. The lowest BCUT2D eigenvalue weighted by Gasteiger charge is -2.22. The van der Waals surface area contributed by atoms with Crippen LogP contribution < -0.4 is 10.6 Å². The number of ketones is 1. The largest absolute Gasteiger partial charge is 0.395 e. The first-order chi connectivity index (χ1) is 11.6. The van der Waals surface area contributed by atoms with E-state index in [0.717, 1.165) is 38.8 Å². The molecular formula is C18H27N3O3. The van der Waals surface area contributed by atoms with Crippen LogP contribution in [0.3, 0.4) is 0 Å². The highest BCUT2D eigenvalue weighted by atomic mass is 16.3. The Morgan fingerprint density at radius 2 is 2.17 bits per heavy atom. The van der Waals surface area contributed by atoms with Gasteiger partial charge < -0.3 is 15.7 Å². The molecule has 3 N–H and O–H groups in total. The number of urea groups is 1. The molecule has 0 aliphatic carbocycles. The lowest BCUT2D eigenvalue weighted by Crippen LogP contribution is -2.34. The number of aliphatic hydroxyl groups is 1. The van der Waals surface area contributed by atoms with Crippen LogP contribution in [0.1, 0.15) is 43.0 Å². The Balaban J connectivity index is 1.63. The number of unbranched alkanes of at least 4 members (excludes halogenated alkanes) is 1. The fraction of sp³-hybridized carbons (Fsp3) is 0.556. The molecule has 6 nitrogen and oxygen atoms in total. The van der Waals surface area contributed by atoms with Crippen LogP contribution in [-0.2, 0) is 0 Å². The van der Waals surface area contributed by atoms with E-state index >= 15 is 0 Å². The topological polar surface area (TPSA) is 81.7 Å². The van der Waals surface area contributed by atoms with Crippen LogP contribution in [0.5, 0.6) is 0 Å². The van der Waals surface area contributed by atoms with Crippen LogP contribution in [0.15, 0.2) is 24.3 Å². The normalized spacial score (nSPS) is 17.7. The van der Waals surface area contributed by atoms with Gasteiger partial charge in [-0.3, -0.25) is 9.69 Å². The van der Waals surface area contributed by atoms with E-state index in [-0.39, 0.29) is 18.4 Å². The van der Waals surface area contributed by atoms with Crippen molar-refractivity contribution in [2.75, 3.05) is 31.6 Å². The van der Waals surface area contributed by atoms with Crippen molar-refractivity contribution in [3.63, 3.8) is 0 Å². The Labute approximate surface area is 143 Å². The number of benzene rings is 1. The predicted octanol–water partition coefficient (Wildman–Crippen LogP) is 2.25. The summed E-state index contributed by atoms with van der Waals surface area (Å²) in [5.41, 5.74) is 1.19. The molecule has 0 radical (unpaired) electrons. The van der Waals surface area contributed by atoms with E-state index in [1.807, 2.05) is 0 Å². The average molecular weight is 333 g/mol. The molecule has 24 heavy (non-hydrogen) atoms. The smallest absolute Gasteiger partial charge is 0.319 e. The van der Waals surface area contributed by atoms with Crippen molar-refractivity contribution < 1.29 is 14.7 Å². The molecule has 1 fully saturated rings. The summed E-state index contributed by atoms with van der Waals surface area (Å²) in [6, 6.07) is 6.96. The second-order valence-corrected chi connectivity index (χ2v) is 6.24. The van der Waals surface area contributed by atoms with Crippen LogP contribution in [0.2, 0.25) is 0 Å². The fourth-order valence-corrected chi connectivity index (χ4v) is 3.03. The number of hydrogen-bond donors (Lipinski definition) is 3. The molecule has 0 bridgehead atoms. The van der Waals surface area contributed by atoms with E-state index in [1.165, 1.54) is 6.92 Å². The molecule has 1 unspecified atom stereocenters. The molecule has 6 heteroatoms. The van der Waals surface area contributed by atoms with Crippen LogP contribution in [0, 0.1) is 0 Å². The van der Waals surface area contributed by atoms with Crippen molar-refractivity contribution in [3.05, 3.63) is 29.8 Å². The maximum absolute atomic E-state index is 11.9. The Morgan fingerprint density at radius 3 is 2.92 bits per heavy atom. The van der Waals surface area contributed by atoms with Gasteiger partial charge in [-0.15, -0.1) is 0 Å². The summed E-state index contributed by atoms with van der Waals surface area (Å²) in [4.78, 5) is 25.5. The van der Waals surface area contributed by atoms with Crippen molar-refractivity contribution in [2.45, 2.75) is 38.6 Å². The number of amides is 2. The SMILES string of the molecule is CC(=O)c1cccc(NC(=O)NCCCCN2CCCC2CO)c1. The Morgan fingerprint density at radius 1 is 1.33 bits per heavy atom. The zero-order valence-corrected chi connectivity index (χ0v) is 14.3. The van der Waals surface area contributed by atoms with E-state index in [9.17, 15) is 14.7 Å². The molecule has 0 spiro atoms. The van der Waals surface area contributed by atoms with Gasteiger partial charge in [0, 0.05) is 23.8 Å². The first kappa shape index (κ1) is 18.4. The molecule has 0 aromatic heterocycles. The van der Waals surface area contributed by atoms with Gasteiger partial charge in [0.05, 0.1) is 6.61 Å². The minimum atomic E-state index is -0.259. The molecule has 1 aliphatic heterocycles. The molecular weight excluding hydrogens is 306 g/mol. The number of aliphatic hydroxyl groups excluding tert-OH is 1. The third kappa shape index (κ3) is 5.62. The molecule has 1 heterocycles. The summed E-state index contributed by atoms with van der Waals surface area (Å²) < 4.78 is 0. The van der Waals surface area contributed by atoms with Crippen LogP contribution in [0.4, 0.5) is 10.5 Å². The maximum Gasteiger partial charge on any atom is 0.319 e. The van der Waals surface area contributed by atoms with Crippen LogP contribution in [0.25, 0.3) is 0 Å². The van der Waals surface area contributed by atoms with Crippen molar-refractivity contribution in [2.24, 2.45) is 0 Å². The second-order valence-electron chi connectivity index (χ2n) is 6.24. The summed E-state index contributed by atoms with van der Waals surface area (Å²) in [5, 5.41) is 14.8. The second kappa shape index (κ2) is 9.39. The number of nitrogens with zero attached hydrogens (tertiary/aromatic N) is 1. The molecule has 132 valence electrons. The van der Waals surface area contributed by atoms with Gasteiger partial charge in [0.25, 0.3) is 0 Å². The molecule has 1 saturated heterocycles. The number of likely N-dealkylation sites (tertiary alicyclic amines) is 1. The highest BCUT2D eigenvalue weighted by Crippen LogP contribution is 2.16. The summed E-state index contributed by atoms with van der Waals surface area (Å²) >= 11 is 0. The molecule has 1 atom stereocenters. The Kier molecular flexibility index (Phi) is 7.21. The zero-order chi connectivity index (χ0) is 17.4. The van der Waals surface area contributed by atoms with Gasteiger partial charge in [-0.25, -0.2) is 4.79 Å².